The largest absolute Gasteiger partial charge is 0.495 e. The number of nitrogens with one attached hydrogen (secondary N) is 2. The van der Waals surface area contributed by atoms with E-state index in [1.807, 2.05) is 0 Å². The Balaban J connectivity index is 1.92. The number of nitrogens with zero attached hydrogens (tertiary/aromatic N) is 1. The van der Waals surface area contributed by atoms with Gasteiger partial charge in [-0.25, -0.2) is 21.6 Å². The minimum Gasteiger partial charge on any atom is -0.495 e. The Hall–Kier alpha value is -2.47. The van der Waals surface area contributed by atoms with E-state index in [1.54, 1.807) is 26.8 Å². The van der Waals surface area contributed by atoms with Crippen LogP contribution in [0.1, 0.15) is 49.5 Å². The Morgan fingerprint density at radius 1 is 1.03 bits per heavy atom. The van der Waals surface area contributed by atoms with Crippen LogP contribution in [0.25, 0.3) is 0 Å². The lowest BCUT2D eigenvalue weighted by molar-refractivity contribution is 0.102. The SMILES string of the molecule is COc1ccc(S(=O)(=O)NC(C)C)cc1NC(=O)c1cc(S(=O)(=O)N2CCC(C)CC2)ccc1C. The van der Waals surface area contributed by atoms with Gasteiger partial charge in [0.25, 0.3) is 5.91 Å². The van der Waals surface area contributed by atoms with E-state index in [0.29, 0.717) is 24.6 Å². The molecule has 1 saturated heterocycles. The van der Waals surface area contributed by atoms with E-state index in [9.17, 15) is 21.6 Å². The van der Waals surface area contributed by atoms with Crippen molar-refractivity contribution in [2.45, 2.75) is 56.4 Å². The Labute approximate surface area is 208 Å². The maximum Gasteiger partial charge on any atom is 0.256 e. The molecule has 11 heteroatoms. The fraction of sp³-hybridized carbons (Fsp3) is 0.458. The van der Waals surface area contributed by atoms with Crippen molar-refractivity contribution in [3.05, 3.63) is 47.5 Å². The maximum absolute atomic E-state index is 13.2. The monoisotopic (exact) mass is 523 g/mol. The van der Waals surface area contributed by atoms with Crippen LogP contribution in [0.3, 0.4) is 0 Å². The van der Waals surface area contributed by atoms with Crippen molar-refractivity contribution in [2.24, 2.45) is 5.92 Å². The molecule has 0 spiro atoms. The van der Waals surface area contributed by atoms with Gasteiger partial charge >= 0.3 is 0 Å². The van der Waals surface area contributed by atoms with Crippen molar-refractivity contribution in [2.75, 3.05) is 25.5 Å². The van der Waals surface area contributed by atoms with E-state index in [0.717, 1.165) is 12.8 Å². The molecule has 192 valence electrons. The number of ether oxygens (including phenoxy) is 1. The molecule has 2 aromatic carbocycles. The molecule has 0 atom stereocenters. The van der Waals surface area contributed by atoms with Gasteiger partial charge in [0, 0.05) is 24.7 Å². The maximum atomic E-state index is 13.2. The van der Waals surface area contributed by atoms with Gasteiger partial charge in [0.1, 0.15) is 5.75 Å². The van der Waals surface area contributed by atoms with Crippen molar-refractivity contribution in [1.82, 2.24) is 9.03 Å². The van der Waals surface area contributed by atoms with Gasteiger partial charge in [-0.2, -0.15) is 4.31 Å². The van der Waals surface area contributed by atoms with Gasteiger partial charge in [-0.05, 0) is 75.4 Å². The number of aryl methyl sites for hydroxylation is 1. The van der Waals surface area contributed by atoms with Gasteiger partial charge in [-0.3, -0.25) is 4.79 Å². The Kier molecular flexibility index (Phi) is 8.25. The van der Waals surface area contributed by atoms with Crippen molar-refractivity contribution in [3.8, 4) is 5.75 Å². The zero-order valence-electron chi connectivity index (χ0n) is 20.7. The summed E-state index contributed by atoms with van der Waals surface area (Å²) in [6.45, 7) is 8.11. The van der Waals surface area contributed by atoms with E-state index in [1.165, 1.54) is 41.7 Å². The average molecular weight is 524 g/mol. The molecule has 1 fully saturated rings. The van der Waals surface area contributed by atoms with Crippen LogP contribution in [0.4, 0.5) is 5.69 Å². The van der Waals surface area contributed by atoms with Crippen LogP contribution in [-0.4, -0.2) is 53.3 Å². The lowest BCUT2D eigenvalue weighted by Gasteiger charge is -2.29. The topological polar surface area (TPSA) is 122 Å². The first kappa shape index (κ1) is 27.1. The molecule has 9 nitrogen and oxygen atoms in total. The summed E-state index contributed by atoms with van der Waals surface area (Å²) >= 11 is 0. The van der Waals surface area contributed by atoms with Gasteiger partial charge < -0.3 is 10.1 Å². The summed E-state index contributed by atoms with van der Waals surface area (Å²) in [7, 11) is -6.13. The zero-order valence-corrected chi connectivity index (χ0v) is 22.3. The molecule has 1 aliphatic heterocycles. The summed E-state index contributed by atoms with van der Waals surface area (Å²) in [5, 5.41) is 2.68. The zero-order chi connectivity index (χ0) is 26.0. The highest BCUT2D eigenvalue weighted by Gasteiger charge is 2.29. The Bertz CT molecular complexity index is 1300. The van der Waals surface area contributed by atoms with Crippen LogP contribution < -0.4 is 14.8 Å². The van der Waals surface area contributed by atoms with Gasteiger partial charge in [-0.15, -0.1) is 0 Å². The molecule has 0 unspecified atom stereocenters. The molecular weight excluding hydrogens is 490 g/mol. The number of sulfonamides is 2. The van der Waals surface area contributed by atoms with Crippen LogP contribution in [0.15, 0.2) is 46.2 Å². The minimum atomic E-state index is -3.80. The number of hydrogen-bond donors (Lipinski definition) is 2. The summed E-state index contributed by atoms with van der Waals surface area (Å²) < 4.78 is 60.8. The van der Waals surface area contributed by atoms with Crippen LogP contribution in [0.2, 0.25) is 0 Å². The highest BCUT2D eigenvalue weighted by Crippen LogP contribution is 2.29. The molecule has 0 aliphatic carbocycles. The third-order valence-electron chi connectivity index (χ3n) is 5.95. The molecule has 1 heterocycles. The van der Waals surface area contributed by atoms with Crippen LogP contribution >= 0.6 is 0 Å². The Morgan fingerprint density at radius 3 is 2.26 bits per heavy atom. The second kappa shape index (κ2) is 10.7. The number of anilines is 1. The normalized spacial score (nSPS) is 15.8. The summed E-state index contributed by atoms with van der Waals surface area (Å²) in [6, 6.07) is 8.31. The first-order valence-electron chi connectivity index (χ1n) is 11.5. The lowest BCUT2D eigenvalue weighted by Crippen LogP contribution is -2.38. The number of carbonyl (C=O) groups excluding carboxylic acids is 1. The molecule has 35 heavy (non-hydrogen) atoms. The molecule has 2 N–H and O–H groups in total. The van der Waals surface area contributed by atoms with E-state index in [2.05, 4.69) is 17.0 Å². The highest BCUT2D eigenvalue weighted by atomic mass is 32.2. The van der Waals surface area contributed by atoms with Gasteiger partial charge in [0.2, 0.25) is 20.0 Å². The average Bonchev–Trinajstić information content (AvgIpc) is 2.78. The third kappa shape index (κ3) is 6.21. The van der Waals surface area contributed by atoms with Crippen LogP contribution in [0.5, 0.6) is 5.75 Å². The fourth-order valence-electron chi connectivity index (χ4n) is 3.90. The minimum absolute atomic E-state index is 0.0327. The quantitative estimate of drug-likeness (QED) is 0.547. The summed E-state index contributed by atoms with van der Waals surface area (Å²) in [5.41, 5.74) is 0.909. The number of rotatable bonds is 8. The van der Waals surface area contributed by atoms with E-state index >= 15 is 0 Å². The number of methoxy groups -OCH3 is 1. The predicted molar refractivity (Wildman–Crippen MR) is 135 cm³/mol. The standard InChI is InChI=1S/C24H33N3O6S2/c1-16(2)26-34(29,30)19-8-9-23(33-5)22(15-19)25-24(28)21-14-20(7-6-18(21)4)35(31,32)27-12-10-17(3)11-13-27/h6-9,14-17,26H,10-13H2,1-5H3,(H,25,28). The molecule has 3 rings (SSSR count). The van der Waals surface area contributed by atoms with Crippen LogP contribution in [-0.2, 0) is 20.0 Å². The second-order valence-electron chi connectivity index (χ2n) is 9.16. The molecule has 0 bridgehead atoms. The van der Waals surface area contributed by atoms with Crippen molar-refractivity contribution in [1.29, 1.82) is 0 Å². The van der Waals surface area contributed by atoms with Gasteiger partial charge in [0.15, 0.2) is 0 Å². The van der Waals surface area contributed by atoms with Gasteiger partial charge in [0.05, 0.1) is 22.6 Å². The molecule has 1 aliphatic rings. The molecule has 0 radical (unpaired) electrons. The number of amides is 1. The van der Waals surface area contributed by atoms with E-state index in [-0.39, 0.29) is 32.8 Å². The third-order valence-corrected chi connectivity index (χ3v) is 9.51. The molecule has 1 amide bonds. The number of piperidine rings is 1. The smallest absolute Gasteiger partial charge is 0.256 e. The van der Waals surface area contributed by atoms with Crippen molar-refractivity contribution >= 4 is 31.6 Å². The van der Waals surface area contributed by atoms with E-state index < -0.39 is 26.0 Å². The lowest BCUT2D eigenvalue weighted by atomic mass is 10.0. The molecule has 0 saturated carbocycles. The number of hydrogen-bond acceptors (Lipinski definition) is 6. The number of carbonyl (C=O) groups is 1. The number of benzene rings is 2. The fourth-order valence-corrected chi connectivity index (χ4v) is 6.67. The predicted octanol–water partition coefficient (Wildman–Crippen LogP) is 3.36. The van der Waals surface area contributed by atoms with Crippen molar-refractivity contribution in [3.63, 3.8) is 0 Å². The second-order valence-corrected chi connectivity index (χ2v) is 12.8. The molecular formula is C24H33N3O6S2. The molecule has 2 aromatic rings. The Morgan fingerprint density at radius 2 is 1.66 bits per heavy atom. The summed E-state index contributed by atoms with van der Waals surface area (Å²) in [5.74, 6) is 0.174. The first-order valence-corrected chi connectivity index (χ1v) is 14.4. The summed E-state index contributed by atoms with van der Waals surface area (Å²) in [6.07, 6.45) is 1.59. The van der Waals surface area contributed by atoms with Crippen molar-refractivity contribution < 1.29 is 26.4 Å². The van der Waals surface area contributed by atoms with E-state index in [4.69, 9.17) is 4.74 Å². The van der Waals surface area contributed by atoms with Crippen LogP contribution in [0, 0.1) is 12.8 Å². The van der Waals surface area contributed by atoms with Gasteiger partial charge in [-0.1, -0.05) is 13.0 Å². The molecule has 0 aromatic heterocycles. The summed E-state index contributed by atoms with van der Waals surface area (Å²) in [4.78, 5) is 13.2. The first-order chi connectivity index (χ1) is 16.3. The highest BCUT2D eigenvalue weighted by molar-refractivity contribution is 7.89.